The van der Waals surface area contributed by atoms with Crippen LogP contribution in [0, 0.1) is 5.92 Å². The van der Waals surface area contributed by atoms with Gasteiger partial charge in [0.15, 0.2) is 5.69 Å². The zero-order valence-corrected chi connectivity index (χ0v) is 12.4. The fraction of sp³-hybridized carbons (Fsp3) is 0.600. The lowest BCUT2D eigenvalue weighted by molar-refractivity contribution is -0.129. The van der Waals surface area contributed by atoms with Crippen molar-refractivity contribution < 1.29 is 14.7 Å². The van der Waals surface area contributed by atoms with E-state index in [1.165, 1.54) is 6.20 Å². The van der Waals surface area contributed by atoms with Crippen LogP contribution in [-0.2, 0) is 11.3 Å². The Balaban J connectivity index is 1.60. The van der Waals surface area contributed by atoms with Crippen LogP contribution >= 0.6 is 0 Å². The molecule has 7 heteroatoms. The van der Waals surface area contributed by atoms with Crippen molar-refractivity contribution in [2.75, 3.05) is 13.1 Å². The number of rotatable bonds is 4. The normalized spacial score (nSPS) is 21.7. The van der Waals surface area contributed by atoms with Crippen molar-refractivity contribution in [3.63, 3.8) is 0 Å². The number of hydrogen-bond acceptors (Lipinski definition) is 4. The van der Waals surface area contributed by atoms with Gasteiger partial charge >= 0.3 is 5.97 Å². The molecular weight excluding hydrogens is 284 g/mol. The minimum Gasteiger partial charge on any atom is -0.476 e. The monoisotopic (exact) mass is 304 g/mol. The number of amides is 1. The van der Waals surface area contributed by atoms with Gasteiger partial charge in [-0.3, -0.25) is 9.48 Å². The molecule has 1 aromatic heterocycles. The van der Waals surface area contributed by atoms with E-state index >= 15 is 0 Å². The summed E-state index contributed by atoms with van der Waals surface area (Å²) >= 11 is 0. The molecule has 0 spiro atoms. The lowest BCUT2D eigenvalue weighted by atomic mass is 9.97. The molecule has 1 saturated heterocycles. The molecule has 7 nitrogen and oxygen atoms in total. The summed E-state index contributed by atoms with van der Waals surface area (Å²) in [6.07, 6.45) is 8.48. The van der Waals surface area contributed by atoms with E-state index in [0.29, 0.717) is 19.0 Å². The number of likely N-dealkylation sites (tertiary alicyclic amines) is 1. The Morgan fingerprint density at radius 3 is 2.91 bits per heavy atom. The van der Waals surface area contributed by atoms with Gasteiger partial charge in [0.05, 0.1) is 6.20 Å². The van der Waals surface area contributed by atoms with Crippen LogP contribution in [0.1, 0.15) is 42.6 Å². The van der Waals surface area contributed by atoms with Gasteiger partial charge in [-0.25, -0.2) is 4.79 Å². The maximum Gasteiger partial charge on any atom is 0.358 e. The molecule has 0 bridgehead atoms. The Kier molecular flexibility index (Phi) is 4.22. The zero-order chi connectivity index (χ0) is 15.5. The number of carbonyl (C=O) groups excluding carboxylic acids is 1. The van der Waals surface area contributed by atoms with E-state index < -0.39 is 5.97 Å². The fourth-order valence-corrected chi connectivity index (χ4v) is 3.22. The summed E-state index contributed by atoms with van der Waals surface area (Å²) in [5.74, 6) is -0.602. The topological polar surface area (TPSA) is 88.3 Å². The third-order valence-electron chi connectivity index (χ3n) is 4.32. The van der Waals surface area contributed by atoms with Crippen LogP contribution in [0.25, 0.3) is 0 Å². The smallest absolute Gasteiger partial charge is 0.358 e. The number of carbonyl (C=O) groups is 2. The lowest BCUT2D eigenvalue weighted by Gasteiger charge is -2.33. The summed E-state index contributed by atoms with van der Waals surface area (Å²) in [6.45, 7) is 2.12. The number of allylic oxidation sites excluding steroid dienone is 1. The summed E-state index contributed by atoms with van der Waals surface area (Å²) in [7, 11) is 0. The second kappa shape index (κ2) is 6.29. The largest absolute Gasteiger partial charge is 0.476 e. The minimum absolute atomic E-state index is 0.0418. The summed E-state index contributed by atoms with van der Waals surface area (Å²) in [5.41, 5.74) is 0.912. The number of nitrogens with zero attached hydrogens (tertiary/aromatic N) is 4. The second-order valence-corrected chi connectivity index (χ2v) is 6.01. The van der Waals surface area contributed by atoms with Gasteiger partial charge in [0, 0.05) is 25.2 Å². The summed E-state index contributed by atoms with van der Waals surface area (Å²) in [6, 6.07) is 0. The highest BCUT2D eigenvalue weighted by molar-refractivity contribution is 5.93. The van der Waals surface area contributed by atoms with Gasteiger partial charge in [-0.15, -0.1) is 5.10 Å². The van der Waals surface area contributed by atoms with Crippen molar-refractivity contribution in [1.29, 1.82) is 0 Å². The molecule has 2 heterocycles. The van der Waals surface area contributed by atoms with Crippen LogP contribution in [0.3, 0.4) is 0 Å². The maximum atomic E-state index is 12.4. The quantitative estimate of drug-likeness (QED) is 0.906. The van der Waals surface area contributed by atoms with E-state index in [2.05, 4.69) is 16.4 Å². The first-order valence-electron chi connectivity index (χ1n) is 7.75. The predicted molar refractivity (Wildman–Crippen MR) is 78.2 cm³/mol. The molecule has 118 valence electrons. The number of hydrogen-bond donors (Lipinski definition) is 1. The second-order valence-electron chi connectivity index (χ2n) is 6.01. The number of piperidine rings is 1. The highest BCUT2D eigenvalue weighted by Gasteiger charge is 2.27. The van der Waals surface area contributed by atoms with E-state index in [9.17, 15) is 9.59 Å². The summed E-state index contributed by atoms with van der Waals surface area (Å²) in [4.78, 5) is 25.2. The van der Waals surface area contributed by atoms with Gasteiger partial charge in [0.25, 0.3) is 0 Å². The van der Waals surface area contributed by atoms with Crippen LogP contribution in [0.5, 0.6) is 0 Å². The Morgan fingerprint density at radius 1 is 1.36 bits per heavy atom. The molecule has 1 aliphatic carbocycles. The van der Waals surface area contributed by atoms with Gasteiger partial charge in [-0.1, -0.05) is 11.3 Å². The average molecular weight is 304 g/mol. The van der Waals surface area contributed by atoms with Gasteiger partial charge in [-0.05, 0) is 38.0 Å². The Labute approximate surface area is 128 Å². The molecule has 1 aliphatic heterocycles. The third-order valence-corrected chi connectivity index (χ3v) is 4.32. The molecule has 0 aromatic carbocycles. The zero-order valence-electron chi connectivity index (χ0n) is 12.4. The molecule has 3 rings (SSSR count). The molecule has 22 heavy (non-hydrogen) atoms. The molecular formula is C15H20N4O3. The van der Waals surface area contributed by atoms with Crippen molar-refractivity contribution in [2.45, 2.75) is 38.6 Å². The van der Waals surface area contributed by atoms with Crippen molar-refractivity contribution in [2.24, 2.45) is 5.92 Å². The molecule has 1 fully saturated rings. The minimum atomic E-state index is -1.07. The molecule has 0 radical (unpaired) electrons. The molecule has 2 aliphatic rings. The Morgan fingerprint density at radius 2 is 2.23 bits per heavy atom. The van der Waals surface area contributed by atoms with Crippen LogP contribution < -0.4 is 0 Å². The van der Waals surface area contributed by atoms with E-state index in [1.54, 1.807) is 4.68 Å². The first-order valence-corrected chi connectivity index (χ1v) is 7.75. The SMILES string of the molecule is O=C(O)c1cn(C[C@@H]2CCCN(C(=O)C3=CCCC3)C2)nn1. The number of carboxylic acid groups (broad SMARTS) is 1. The van der Waals surface area contributed by atoms with Gasteiger partial charge in [-0.2, -0.15) is 0 Å². The molecule has 1 amide bonds. The van der Waals surface area contributed by atoms with Gasteiger partial charge < -0.3 is 10.0 Å². The van der Waals surface area contributed by atoms with E-state index in [1.807, 2.05) is 4.90 Å². The fourth-order valence-electron chi connectivity index (χ4n) is 3.22. The van der Waals surface area contributed by atoms with Crippen LogP contribution in [0.2, 0.25) is 0 Å². The van der Waals surface area contributed by atoms with E-state index in [0.717, 1.165) is 44.2 Å². The lowest BCUT2D eigenvalue weighted by Crippen LogP contribution is -2.41. The van der Waals surface area contributed by atoms with Crippen molar-refractivity contribution in [3.8, 4) is 0 Å². The highest BCUT2D eigenvalue weighted by Crippen LogP contribution is 2.24. The van der Waals surface area contributed by atoms with Crippen molar-refractivity contribution >= 4 is 11.9 Å². The first kappa shape index (κ1) is 14.7. The first-order chi connectivity index (χ1) is 10.6. The average Bonchev–Trinajstić information content (AvgIpc) is 3.18. The maximum absolute atomic E-state index is 12.4. The summed E-state index contributed by atoms with van der Waals surface area (Å²) < 4.78 is 1.57. The van der Waals surface area contributed by atoms with Crippen LogP contribution in [-0.4, -0.2) is 50.0 Å². The molecule has 1 N–H and O–H groups in total. The van der Waals surface area contributed by atoms with Crippen LogP contribution in [0.4, 0.5) is 0 Å². The van der Waals surface area contributed by atoms with Crippen LogP contribution in [0.15, 0.2) is 17.8 Å². The van der Waals surface area contributed by atoms with Crippen molar-refractivity contribution in [1.82, 2.24) is 19.9 Å². The Bertz CT molecular complexity index is 608. The molecule has 0 saturated carbocycles. The predicted octanol–water partition coefficient (Wildman–Crippen LogP) is 1.33. The van der Waals surface area contributed by atoms with Gasteiger partial charge in [0.1, 0.15) is 0 Å². The number of aromatic nitrogens is 3. The van der Waals surface area contributed by atoms with E-state index in [4.69, 9.17) is 5.11 Å². The Hall–Kier alpha value is -2.18. The third kappa shape index (κ3) is 3.18. The molecule has 1 aromatic rings. The molecule has 0 unspecified atom stereocenters. The van der Waals surface area contributed by atoms with Crippen molar-refractivity contribution in [3.05, 3.63) is 23.5 Å². The summed E-state index contributed by atoms with van der Waals surface area (Å²) in [5, 5.41) is 16.3. The standard InChI is InChI=1S/C15H20N4O3/c20-14(12-5-1-2-6-12)18-7-3-4-11(8-18)9-19-10-13(15(21)22)16-17-19/h5,10-11H,1-4,6-9H2,(H,21,22)/t11-/m1/s1. The highest BCUT2D eigenvalue weighted by atomic mass is 16.4. The number of carboxylic acids is 1. The van der Waals surface area contributed by atoms with Gasteiger partial charge in [0.2, 0.25) is 5.91 Å². The number of aromatic carboxylic acids is 1. The van der Waals surface area contributed by atoms with E-state index in [-0.39, 0.29) is 11.6 Å². The molecule has 1 atom stereocenters.